The number of carboxylic acid groups (broad SMARTS) is 1. The van der Waals surface area contributed by atoms with Crippen molar-refractivity contribution in [1.82, 2.24) is 4.90 Å². The SMILES string of the molecule is CC(C)N(CCC(=O)O)C(=O)c1cccc(NC(=O)c2ccc(F)cc2)c1. The lowest BCUT2D eigenvalue weighted by molar-refractivity contribution is -0.137. The molecule has 0 spiro atoms. The number of rotatable bonds is 7. The van der Waals surface area contributed by atoms with E-state index < -0.39 is 17.7 Å². The van der Waals surface area contributed by atoms with Gasteiger partial charge in [0.2, 0.25) is 0 Å². The number of benzene rings is 2. The van der Waals surface area contributed by atoms with Crippen LogP contribution in [0.5, 0.6) is 0 Å². The average Bonchev–Trinajstić information content (AvgIpc) is 2.62. The number of hydrogen-bond donors (Lipinski definition) is 2. The number of amides is 2. The summed E-state index contributed by atoms with van der Waals surface area (Å²) in [5, 5.41) is 11.5. The topological polar surface area (TPSA) is 86.7 Å². The van der Waals surface area contributed by atoms with Crippen LogP contribution >= 0.6 is 0 Å². The average molecular weight is 372 g/mol. The molecular weight excluding hydrogens is 351 g/mol. The molecule has 0 atom stereocenters. The van der Waals surface area contributed by atoms with Crippen LogP contribution in [0.2, 0.25) is 0 Å². The van der Waals surface area contributed by atoms with Crippen LogP contribution < -0.4 is 5.32 Å². The van der Waals surface area contributed by atoms with Gasteiger partial charge in [0.15, 0.2) is 0 Å². The number of anilines is 1. The zero-order chi connectivity index (χ0) is 20.0. The molecule has 0 unspecified atom stereocenters. The van der Waals surface area contributed by atoms with Gasteiger partial charge in [0.1, 0.15) is 5.82 Å². The minimum atomic E-state index is -0.978. The van der Waals surface area contributed by atoms with E-state index in [0.29, 0.717) is 16.8 Å². The maximum atomic E-state index is 13.0. The standard InChI is InChI=1S/C20H21FN2O4/c1-13(2)23(11-10-18(24)25)20(27)15-4-3-5-17(12-15)22-19(26)14-6-8-16(21)9-7-14/h3-9,12-13H,10-11H2,1-2H3,(H,22,26)(H,24,25). The minimum Gasteiger partial charge on any atom is -0.481 e. The molecule has 0 heterocycles. The van der Waals surface area contributed by atoms with E-state index in [2.05, 4.69) is 5.32 Å². The Hall–Kier alpha value is -3.22. The second kappa shape index (κ2) is 8.93. The van der Waals surface area contributed by atoms with Crippen LogP contribution in [0.15, 0.2) is 48.5 Å². The summed E-state index contributed by atoms with van der Waals surface area (Å²) >= 11 is 0. The lowest BCUT2D eigenvalue weighted by Crippen LogP contribution is -2.38. The monoisotopic (exact) mass is 372 g/mol. The summed E-state index contributed by atoms with van der Waals surface area (Å²) in [5.41, 5.74) is 1.04. The summed E-state index contributed by atoms with van der Waals surface area (Å²) in [6.07, 6.45) is -0.148. The van der Waals surface area contributed by atoms with Gasteiger partial charge in [-0.05, 0) is 56.3 Å². The predicted octanol–water partition coefficient (Wildman–Crippen LogP) is 3.40. The highest BCUT2D eigenvalue weighted by Gasteiger charge is 2.20. The summed E-state index contributed by atoms with van der Waals surface area (Å²) in [6, 6.07) is 11.3. The Morgan fingerprint density at radius 2 is 1.74 bits per heavy atom. The Kier molecular flexibility index (Phi) is 6.65. The molecule has 6 nitrogen and oxygen atoms in total. The first-order valence-electron chi connectivity index (χ1n) is 8.47. The van der Waals surface area contributed by atoms with Crippen LogP contribution in [0.3, 0.4) is 0 Å². The van der Waals surface area contributed by atoms with Crippen LogP contribution in [-0.2, 0) is 4.79 Å². The third-order valence-electron chi connectivity index (χ3n) is 3.92. The lowest BCUT2D eigenvalue weighted by Gasteiger charge is -2.26. The number of carbonyl (C=O) groups is 3. The van der Waals surface area contributed by atoms with Gasteiger partial charge >= 0.3 is 5.97 Å². The van der Waals surface area contributed by atoms with E-state index in [-0.39, 0.29) is 24.9 Å². The molecule has 2 N–H and O–H groups in total. The molecule has 2 aromatic rings. The number of carbonyl (C=O) groups excluding carboxylic acids is 2. The van der Waals surface area contributed by atoms with Crippen molar-refractivity contribution in [2.75, 3.05) is 11.9 Å². The first-order chi connectivity index (χ1) is 12.8. The molecule has 0 saturated carbocycles. The van der Waals surface area contributed by atoms with E-state index >= 15 is 0 Å². The lowest BCUT2D eigenvalue weighted by atomic mass is 10.1. The van der Waals surface area contributed by atoms with E-state index in [0.717, 1.165) is 0 Å². The third-order valence-corrected chi connectivity index (χ3v) is 3.92. The molecule has 2 rings (SSSR count). The van der Waals surface area contributed by atoms with Crippen LogP contribution in [-0.4, -0.2) is 40.4 Å². The van der Waals surface area contributed by atoms with E-state index in [1.54, 1.807) is 32.0 Å². The van der Waals surface area contributed by atoms with Gasteiger partial charge in [-0.15, -0.1) is 0 Å². The number of hydrogen-bond acceptors (Lipinski definition) is 3. The van der Waals surface area contributed by atoms with Gasteiger partial charge in [0, 0.05) is 29.4 Å². The van der Waals surface area contributed by atoms with Crippen molar-refractivity contribution < 1.29 is 23.9 Å². The predicted molar refractivity (Wildman–Crippen MR) is 99.2 cm³/mol. The normalized spacial score (nSPS) is 10.5. The number of nitrogens with zero attached hydrogens (tertiary/aromatic N) is 1. The molecule has 7 heteroatoms. The van der Waals surface area contributed by atoms with Crippen molar-refractivity contribution in [2.24, 2.45) is 0 Å². The van der Waals surface area contributed by atoms with Crippen molar-refractivity contribution in [2.45, 2.75) is 26.3 Å². The van der Waals surface area contributed by atoms with Gasteiger partial charge in [-0.1, -0.05) is 6.07 Å². The van der Waals surface area contributed by atoms with E-state index in [1.807, 2.05) is 0 Å². The Morgan fingerprint density at radius 3 is 2.33 bits per heavy atom. The summed E-state index contributed by atoms with van der Waals surface area (Å²) in [6.45, 7) is 3.71. The first-order valence-corrected chi connectivity index (χ1v) is 8.47. The van der Waals surface area contributed by atoms with Crippen molar-refractivity contribution in [3.05, 3.63) is 65.5 Å². The maximum absolute atomic E-state index is 13.0. The molecule has 0 bridgehead atoms. The van der Waals surface area contributed by atoms with Crippen molar-refractivity contribution in [3.63, 3.8) is 0 Å². The van der Waals surface area contributed by atoms with Crippen LogP contribution in [0, 0.1) is 5.82 Å². The molecule has 0 radical (unpaired) electrons. The highest BCUT2D eigenvalue weighted by molar-refractivity contribution is 6.05. The van der Waals surface area contributed by atoms with Gasteiger partial charge in [-0.25, -0.2) is 4.39 Å². The van der Waals surface area contributed by atoms with E-state index in [1.165, 1.54) is 35.2 Å². The second-order valence-corrected chi connectivity index (χ2v) is 6.28. The fraction of sp³-hybridized carbons (Fsp3) is 0.250. The Morgan fingerprint density at radius 1 is 1.07 bits per heavy atom. The van der Waals surface area contributed by atoms with E-state index in [9.17, 15) is 18.8 Å². The summed E-state index contributed by atoms with van der Waals surface area (Å²) in [5.74, 6) is -2.15. The molecule has 0 aliphatic heterocycles. The van der Waals surface area contributed by atoms with Gasteiger partial charge in [0.05, 0.1) is 6.42 Å². The fourth-order valence-corrected chi connectivity index (χ4v) is 2.51. The minimum absolute atomic E-state index is 0.0952. The Labute approximate surface area is 156 Å². The smallest absolute Gasteiger partial charge is 0.305 e. The zero-order valence-corrected chi connectivity index (χ0v) is 15.1. The second-order valence-electron chi connectivity index (χ2n) is 6.28. The largest absolute Gasteiger partial charge is 0.481 e. The molecule has 142 valence electrons. The quantitative estimate of drug-likeness (QED) is 0.780. The molecular formula is C20H21FN2O4. The zero-order valence-electron chi connectivity index (χ0n) is 15.1. The molecule has 2 aromatic carbocycles. The van der Waals surface area contributed by atoms with E-state index in [4.69, 9.17) is 5.11 Å². The van der Waals surface area contributed by atoms with Crippen LogP contribution in [0.25, 0.3) is 0 Å². The number of nitrogens with one attached hydrogen (secondary N) is 1. The van der Waals surface area contributed by atoms with Gasteiger partial charge in [0.25, 0.3) is 11.8 Å². The molecule has 0 fully saturated rings. The highest BCUT2D eigenvalue weighted by atomic mass is 19.1. The Balaban J connectivity index is 2.15. The van der Waals surface area contributed by atoms with Gasteiger partial charge in [-0.2, -0.15) is 0 Å². The highest BCUT2D eigenvalue weighted by Crippen LogP contribution is 2.16. The molecule has 0 aliphatic carbocycles. The van der Waals surface area contributed by atoms with Crippen LogP contribution in [0.4, 0.5) is 10.1 Å². The van der Waals surface area contributed by atoms with Gasteiger partial charge in [-0.3, -0.25) is 14.4 Å². The molecule has 0 saturated heterocycles. The van der Waals surface area contributed by atoms with Gasteiger partial charge < -0.3 is 15.3 Å². The summed E-state index contributed by atoms with van der Waals surface area (Å²) in [7, 11) is 0. The third kappa shape index (κ3) is 5.64. The molecule has 27 heavy (non-hydrogen) atoms. The fourth-order valence-electron chi connectivity index (χ4n) is 2.51. The number of halogens is 1. The number of carboxylic acids is 1. The summed E-state index contributed by atoms with van der Waals surface area (Å²) in [4.78, 5) is 37.2. The molecule has 0 aliphatic rings. The molecule has 0 aromatic heterocycles. The summed E-state index contributed by atoms with van der Waals surface area (Å²) < 4.78 is 13.0. The van der Waals surface area contributed by atoms with Crippen LogP contribution in [0.1, 0.15) is 41.0 Å². The Bertz CT molecular complexity index is 834. The van der Waals surface area contributed by atoms with Crippen molar-refractivity contribution in [1.29, 1.82) is 0 Å². The molecule has 2 amide bonds. The maximum Gasteiger partial charge on any atom is 0.305 e. The first kappa shape index (κ1) is 20.1. The van der Waals surface area contributed by atoms with Crippen molar-refractivity contribution in [3.8, 4) is 0 Å². The number of aliphatic carboxylic acids is 1. The van der Waals surface area contributed by atoms with Crippen molar-refractivity contribution >= 4 is 23.5 Å².